The molecule has 2 aliphatic rings. The predicted octanol–water partition coefficient (Wildman–Crippen LogP) is 4.73. The van der Waals surface area contributed by atoms with Crippen LogP contribution in [0.3, 0.4) is 0 Å². The SMILES string of the molecule is CCn1ncc2c(N[C@H](C)C3CCCCC3)c(C(=O)NC3Cc4ccccc4C3)cnc21. The van der Waals surface area contributed by atoms with Gasteiger partial charge >= 0.3 is 0 Å². The number of fused-ring (bicyclic) bond motifs is 2. The first-order valence-corrected chi connectivity index (χ1v) is 12.1. The summed E-state index contributed by atoms with van der Waals surface area (Å²) >= 11 is 0. The second-order valence-electron chi connectivity index (χ2n) is 9.42. The molecule has 2 aliphatic carbocycles. The average molecular weight is 432 g/mol. The zero-order chi connectivity index (χ0) is 22.1. The van der Waals surface area contributed by atoms with Gasteiger partial charge in [-0.05, 0) is 56.6 Å². The lowest BCUT2D eigenvalue weighted by atomic mass is 9.84. The number of anilines is 1. The summed E-state index contributed by atoms with van der Waals surface area (Å²) in [7, 11) is 0. The van der Waals surface area contributed by atoms with E-state index in [9.17, 15) is 4.79 Å². The van der Waals surface area contributed by atoms with E-state index >= 15 is 0 Å². The monoisotopic (exact) mass is 431 g/mol. The van der Waals surface area contributed by atoms with Crippen LogP contribution in [0.25, 0.3) is 11.0 Å². The third-order valence-corrected chi connectivity index (χ3v) is 7.33. The molecule has 2 N–H and O–H groups in total. The maximum Gasteiger partial charge on any atom is 0.255 e. The molecular weight excluding hydrogens is 398 g/mol. The Labute approximate surface area is 189 Å². The van der Waals surface area contributed by atoms with Gasteiger partial charge in [-0.15, -0.1) is 0 Å². The molecular formula is C26H33N5O. The molecule has 0 saturated heterocycles. The van der Waals surface area contributed by atoms with Crippen molar-refractivity contribution in [3.63, 3.8) is 0 Å². The molecule has 0 radical (unpaired) electrons. The smallest absolute Gasteiger partial charge is 0.255 e. The lowest BCUT2D eigenvalue weighted by molar-refractivity contribution is 0.0939. The number of rotatable bonds is 6. The Morgan fingerprint density at radius 1 is 1.12 bits per heavy atom. The van der Waals surface area contributed by atoms with Crippen LogP contribution in [0.5, 0.6) is 0 Å². The second-order valence-corrected chi connectivity index (χ2v) is 9.42. The number of pyridine rings is 1. The molecule has 32 heavy (non-hydrogen) atoms. The number of nitrogens with one attached hydrogen (secondary N) is 2. The highest BCUT2D eigenvalue weighted by molar-refractivity contribution is 6.06. The first-order chi connectivity index (χ1) is 15.6. The normalized spacial score (nSPS) is 17.9. The summed E-state index contributed by atoms with van der Waals surface area (Å²) in [6.45, 7) is 5.06. The summed E-state index contributed by atoms with van der Waals surface area (Å²) < 4.78 is 1.89. The van der Waals surface area contributed by atoms with Crippen molar-refractivity contribution >= 4 is 22.6 Å². The molecule has 1 fully saturated rings. The highest BCUT2D eigenvalue weighted by Crippen LogP contribution is 2.32. The lowest BCUT2D eigenvalue weighted by Gasteiger charge is -2.30. The van der Waals surface area contributed by atoms with Gasteiger partial charge in [0.05, 0.1) is 22.8 Å². The third kappa shape index (κ3) is 3.98. The molecule has 5 rings (SSSR count). The van der Waals surface area contributed by atoms with Crippen LogP contribution in [-0.4, -0.2) is 32.8 Å². The topological polar surface area (TPSA) is 71.8 Å². The van der Waals surface area contributed by atoms with Gasteiger partial charge in [-0.2, -0.15) is 5.10 Å². The standard InChI is InChI=1S/C26H33N5O/c1-3-31-25-22(16-28-31)24(29-17(2)18-9-5-4-6-10-18)23(15-27-25)26(32)30-21-13-19-11-7-8-12-20(19)14-21/h7-8,11-12,15-18,21H,3-6,9-10,13-14H2,1-2H3,(H,27,29)(H,30,32)/t17-/m1/s1. The fourth-order valence-corrected chi connectivity index (χ4v) is 5.49. The number of aryl methyl sites for hydroxylation is 1. The van der Waals surface area contributed by atoms with Crippen LogP contribution in [-0.2, 0) is 19.4 Å². The van der Waals surface area contributed by atoms with Crippen LogP contribution in [0.15, 0.2) is 36.7 Å². The number of hydrogen-bond acceptors (Lipinski definition) is 4. The first kappa shape index (κ1) is 21.0. The number of carbonyl (C=O) groups excluding carboxylic acids is 1. The fraction of sp³-hybridized carbons (Fsp3) is 0.500. The summed E-state index contributed by atoms with van der Waals surface area (Å²) in [5.41, 5.74) is 4.99. The molecule has 2 aromatic heterocycles. The van der Waals surface area contributed by atoms with E-state index < -0.39 is 0 Å². The van der Waals surface area contributed by atoms with Crippen molar-refractivity contribution < 1.29 is 4.79 Å². The minimum atomic E-state index is -0.0557. The predicted molar refractivity (Wildman–Crippen MR) is 128 cm³/mol. The minimum absolute atomic E-state index is 0.0557. The highest BCUT2D eigenvalue weighted by Gasteiger charge is 2.27. The number of hydrogen-bond donors (Lipinski definition) is 2. The quantitative estimate of drug-likeness (QED) is 0.592. The van der Waals surface area contributed by atoms with Gasteiger partial charge in [-0.3, -0.25) is 4.79 Å². The summed E-state index contributed by atoms with van der Waals surface area (Å²) in [6, 6.07) is 8.88. The number of nitrogens with zero attached hydrogens (tertiary/aromatic N) is 3. The van der Waals surface area contributed by atoms with Crippen LogP contribution in [0.2, 0.25) is 0 Å². The zero-order valence-electron chi connectivity index (χ0n) is 19.1. The van der Waals surface area contributed by atoms with E-state index in [1.54, 1.807) is 6.20 Å². The van der Waals surface area contributed by atoms with Gasteiger partial charge in [-0.25, -0.2) is 9.67 Å². The van der Waals surface area contributed by atoms with E-state index in [1.165, 1.54) is 43.2 Å². The summed E-state index contributed by atoms with van der Waals surface area (Å²) in [4.78, 5) is 18.1. The first-order valence-electron chi connectivity index (χ1n) is 12.1. The molecule has 1 saturated carbocycles. The molecule has 0 bridgehead atoms. The largest absolute Gasteiger partial charge is 0.381 e. The number of carbonyl (C=O) groups is 1. The third-order valence-electron chi connectivity index (χ3n) is 7.33. The van der Waals surface area contributed by atoms with Crippen molar-refractivity contribution in [3.8, 4) is 0 Å². The van der Waals surface area contributed by atoms with Gasteiger partial charge in [-0.1, -0.05) is 43.5 Å². The van der Waals surface area contributed by atoms with Gasteiger partial charge in [0.25, 0.3) is 5.91 Å². The lowest BCUT2D eigenvalue weighted by Crippen LogP contribution is -2.36. The Kier molecular flexibility index (Phi) is 5.85. The number of aromatic nitrogens is 3. The Morgan fingerprint density at radius 2 is 1.84 bits per heavy atom. The van der Waals surface area contributed by atoms with E-state index in [2.05, 4.69) is 58.8 Å². The zero-order valence-corrected chi connectivity index (χ0v) is 19.1. The maximum atomic E-state index is 13.4. The van der Waals surface area contributed by atoms with Crippen LogP contribution in [0.4, 0.5) is 5.69 Å². The number of benzene rings is 1. The fourth-order valence-electron chi connectivity index (χ4n) is 5.49. The van der Waals surface area contributed by atoms with Gasteiger partial charge in [0.1, 0.15) is 0 Å². The average Bonchev–Trinajstić information content (AvgIpc) is 3.43. The summed E-state index contributed by atoms with van der Waals surface area (Å²) in [5, 5.41) is 12.4. The van der Waals surface area contributed by atoms with Gasteiger partial charge in [0.15, 0.2) is 5.65 Å². The number of amides is 1. The van der Waals surface area contributed by atoms with E-state index in [0.29, 0.717) is 17.5 Å². The van der Waals surface area contributed by atoms with Crippen LogP contribution in [0, 0.1) is 5.92 Å². The summed E-state index contributed by atoms with van der Waals surface area (Å²) in [5.74, 6) is 0.577. The van der Waals surface area contributed by atoms with E-state index in [4.69, 9.17) is 0 Å². The molecule has 6 nitrogen and oxygen atoms in total. The van der Waals surface area contributed by atoms with Crippen LogP contribution < -0.4 is 10.6 Å². The Bertz CT molecular complexity index is 1090. The van der Waals surface area contributed by atoms with E-state index in [-0.39, 0.29) is 11.9 Å². The highest BCUT2D eigenvalue weighted by atomic mass is 16.1. The van der Waals surface area contributed by atoms with Crippen molar-refractivity contribution in [1.29, 1.82) is 0 Å². The molecule has 1 atom stereocenters. The van der Waals surface area contributed by atoms with Crippen molar-refractivity contribution in [1.82, 2.24) is 20.1 Å². The van der Waals surface area contributed by atoms with Crippen LogP contribution >= 0.6 is 0 Å². The Hall–Kier alpha value is -2.89. The van der Waals surface area contributed by atoms with Gasteiger partial charge in [0, 0.05) is 24.8 Å². The maximum absolute atomic E-state index is 13.4. The van der Waals surface area contributed by atoms with E-state index in [0.717, 1.165) is 36.1 Å². The molecule has 1 aromatic carbocycles. The van der Waals surface area contributed by atoms with Crippen molar-refractivity contribution in [3.05, 3.63) is 53.3 Å². The molecule has 168 valence electrons. The van der Waals surface area contributed by atoms with Gasteiger partial charge < -0.3 is 10.6 Å². The van der Waals surface area contributed by atoms with Crippen molar-refractivity contribution in [2.45, 2.75) is 77.4 Å². The van der Waals surface area contributed by atoms with Crippen molar-refractivity contribution in [2.75, 3.05) is 5.32 Å². The molecule has 6 heteroatoms. The minimum Gasteiger partial charge on any atom is -0.381 e. The Balaban J connectivity index is 1.42. The summed E-state index contributed by atoms with van der Waals surface area (Å²) in [6.07, 6.45) is 11.8. The molecule has 2 heterocycles. The van der Waals surface area contributed by atoms with E-state index in [1.807, 2.05) is 10.9 Å². The molecule has 1 amide bonds. The molecule has 3 aromatic rings. The van der Waals surface area contributed by atoms with Gasteiger partial charge in [0.2, 0.25) is 0 Å². The Morgan fingerprint density at radius 3 is 2.53 bits per heavy atom. The molecule has 0 spiro atoms. The molecule has 0 aliphatic heterocycles. The van der Waals surface area contributed by atoms with Crippen LogP contribution in [0.1, 0.15) is 67.4 Å². The second kappa shape index (κ2) is 8.93. The van der Waals surface area contributed by atoms with Crippen molar-refractivity contribution in [2.24, 2.45) is 5.92 Å². The molecule has 0 unspecified atom stereocenters.